The van der Waals surface area contributed by atoms with Crippen molar-refractivity contribution < 1.29 is 9.84 Å². The van der Waals surface area contributed by atoms with E-state index in [1.54, 1.807) is 25.3 Å². The summed E-state index contributed by atoms with van der Waals surface area (Å²) in [5, 5.41) is 9.46. The maximum absolute atomic E-state index is 9.46. The Balaban J connectivity index is 2.18. The second-order valence-electron chi connectivity index (χ2n) is 3.66. The SMILES string of the molecule is C[C@@H](O)c1ccnc(Oc2ccc(Br)cc2)c1. The minimum atomic E-state index is -0.523. The van der Waals surface area contributed by atoms with Crippen LogP contribution in [0.15, 0.2) is 47.1 Å². The zero-order valence-electron chi connectivity index (χ0n) is 9.30. The fourth-order valence-electron chi connectivity index (χ4n) is 1.36. The molecule has 0 saturated carbocycles. The summed E-state index contributed by atoms with van der Waals surface area (Å²) in [5.74, 6) is 1.19. The van der Waals surface area contributed by atoms with Crippen LogP contribution in [0.4, 0.5) is 0 Å². The molecule has 2 aromatic rings. The summed E-state index contributed by atoms with van der Waals surface area (Å²) in [6.07, 6.45) is 1.10. The number of aliphatic hydroxyl groups is 1. The quantitative estimate of drug-likeness (QED) is 0.938. The normalized spacial score (nSPS) is 12.2. The third kappa shape index (κ3) is 3.28. The van der Waals surface area contributed by atoms with Crippen LogP contribution in [0.2, 0.25) is 0 Å². The van der Waals surface area contributed by atoms with Gasteiger partial charge in [0.15, 0.2) is 0 Å². The van der Waals surface area contributed by atoms with E-state index in [-0.39, 0.29) is 0 Å². The molecule has 0 aliphatic heterocycles. The molecule has 88 valence electrons. The number of halogens is 1. The molecule has 0 unspecified atom stereocenters. The average Bonchev–Trinajstić information content (AvgIpc) is 2.32. The summed E-state index contributed by atoms with van der Waals surface area (Å²) >= 11 is 3.36. The lowest BCUT2D eigenvalue weighted by atomic mass is 10.2. The second kappa shape index (κ2) is 5.29. The summed E-state index contributed by atoms with van der Waals surface area (Å²) in [4.78, 5) is 4.09. The molecule has 17 heavy (non-hydrogen) atoms. The van der Waals surface area contributed by atoms with Gasteiger partial charge in [-0.1, -0.05) is 15.9 Å². The van der Waals surface area contributed by atoms with E-state index < -0.39 is 6.10 Å². The Morgan fingerprint density at radius 2 is 1.94 bits per heavy atom. The smallest absolute Gasteiger partial charge is 0.219 e. The predicted molar refractivity (Wildman–Crippen MR) is 69.1 cm³/mol. The average molecular weight is 294 g/mol. The number of hydrogen-bond acceptors (Lipinski definition) is 3. The Morgan fingerprint density at radius 1 is 1.24 bits per heavy atom. The van der Waals surface area contributed by atoms with Crippen LogP contribution in [0.5, 0.6) is 11.6 Å². The van der Waals surface area contributed by atoms with Crippen molar-refractivity contribution >= 4 is 15.9 Å². The lowest BCUT2D eigenvalue weighted by Crippen LogP contribution is -1.94. The molecule has 4 heteroatoms. The fraction of sp³-hybridized carbons (Fsp3) is 0.154. The first-order valence-electron chi connectivity index (χ1n) is 5.22. The van der Waals surface area contributed by atoms with Crippen molar-refractivity contribution in [2.24, 2.45) is 0 Å². The van der Waals surface area contributed by atoms with Gasteiger partial charge in [0.25, 0.3) is 0 Å². The maximum atomic E-state index is 9.46. The molecule has 1 atom stereocenters. The van der Waals surface area contributed by atoms with E-state index in [2.05, 4.69) is 20.9 Å². The summed E-state index contributed by atoms with van der Waals surface area (Å²) in [6.45, 7) is 1.71. The van der Waals surface area contributed by atoms with Crippen LogP contribution in [-0.2, 0) is 0 Å². The molecule has 0 aliphatic carbocycles. The Kier molecular flexibility index (Phi) is 3.76. The molecule has 0 saturated heterocycles. The largest absolute Gasteiger partial charge is 0.439 e. The van der Waals surface area contributed by atoms with E-state index in [0.29, 0.717) is 11.6 Å². The van der Waals surface area contributed by atoms with E-state index in [4.69, 9.17) is 4.74 Å². The van der Waals surface area contributed by atoms with Gasteiger partial charge in [-0.3, -0.25) is 0 Å². The lowest BCUT2D eigenvalue weighted by Gasteiger charge is -2.08. The van der Waals surface area contributed by atoms with Gasteiger partial charge >= 0.3 is 0 Å². The van der Waals surface area contributed by atoms with E-state index in [1.807, 2.05) is 24.3 Å². The van der Waals surface area contributed by atoms with Gasteiger partial charge in [-0.05, 0) is 42.8 Å². The van der Waals surface area contributed by atoms with Gasteiger partial charge in [-0.2, -0.15) is 0 Å². The first-order chi connectivity index (χ1) is 8.15. The van der Waals surface area contributed by atoms with Gasteiger partial charge in [-0.15, -0.1) is 0 Å². The van der Waals surface area contributed by atoms with Gasteiger partial charge in [0.05, 0.1) is 6.10 Å². The molecule has 3 nitrogen and oxygen atoms in total. The molecule has 2 rings (SSSR count). The zero-order valence-corrected chi connectivity index (χ0v) is 10.9. The van der Waals surface area contributed by atoms with Crippen molar-refractivity contribution in [2.45, 2.75) is 13.0 Å². The van der Waals surface area contributed by atoms with Gasteiger partial charge in [0, 0.05) is 16.7 Å². The van der Waals surface area contributed by atoms with Gasteiger partial charge in [0.1, 0.15) is 5.75 Å². The molecular weight excluding hydrogens is 282 g/mol. The van der Waals surface area contributed by atoms with Gasteiger partial charge in [-0.25, -0.2) is 4.98 Å². The number of rotatable bonds is 3. The third-order valence-corrected chi connectivity index (χ3v) is 2.81. The summed E-state index contributed by atoms with van der Waals surface area (Å²) < 4.78 is 6.58. The van der Waals surface area contributed by atoms with Crippen molar-refractivity contribution in [1.29, 1.82) is 0 Å². The highest BCUT2D eigenvalue weighted by Gasteiger charge is 2.04. The number of pyridine rings is 1. The molecule has 1 N–H and O–H groups in total. The topological polar surface area (TPSA) is 42.4 Å². The Morgan fingerprint density at radius 3 is 2.59 bits per heavy atom. The molecule has 0 spiro atoms. The highest BCUT2D eigenvalue weighted by atomic mass is 79.9. The minimum absolute atomic E-state index is 0.478. The van der Waals surface area contributed by atoms with Crippen molar-refractivity contribution in [3.63, 3.8) is 0 Å². The second-order valence-corrected chi connectivity index (χ2v) is 4.58. The molecule has 0 amide bonds. The number of aromatic nitrogens is 1. The van der Waals surface area contributed by atoms with Crippen LogP contribution in [0.25, 0.3) is 0 Å². The highest BCUT2D eigenvalue weighted by molar-refractivity contribution is 9.10. The Hall–Kier alpha value is -1.39. The number of hydrogen-bond donors (Lipinski definition) is 1. The first kappa shape index (κ1) is 12.1. The third-order valence-electron chi connectivity index (χ3n) is 2.28. The number of nitrogens with zero attached hydrogens (tertiary/aromatic N) is 1. The monoisotopic (exact) mass is 293 g/mol. The van der Waals surface area contributed by atoms with Crippen molar-refractivity contribution in [1.82, 2.24) is 4.98 Å². The Bertz CT molecular complexity index is 497. The number of aliphatic hydroxyl groups excluding tert-OH is 1. The van der Waals surface area contributed by atoms with Gasteiger partial charge in [0.2, 0.25) is 5.88 Å². The van der Waals surface area contributed by atoms with E-state index in [0.717, 1.165) is 10.0 Å². The zero-order chi connectivity index (χ0) is 12.3. The minimum Gasteiger partial charge on any atom is -0.439 e. The summed E-state index contributed by atoms with van der Waals surface area (Å²) in [7, 11) is 0. The van der Waals surface area contributed by atoms with Crippen molar-refractivity contribution in [3.8, 4) is 11.6 Å². The molecule has 1 heterocycles. The fourth-order valence-corrected chi connectivity index (χ4v) is 1.63. The van der Waals surface area contributed by atoms with Crippen LogP contribution in [0.1, 0.15) is 18.6 Å². The van der Waals surface area contributed by atoms with Gasteiger partial charge < -0.3 is 9.84 Å². The van der Waals surface area contributed by atoms with E-state index in [1.165, 1.54) is 0 Å². The molecule has 0 aliphatic rings. The summed E-state index contributed by atoms with van der Waals surface area (Å²) in [5.41, 5.74) is 0.784. The van der Waals surface area contributed by atoms with Crippen LogP contribution >= 0.6 is 15.9 Å². The molecule has 0 radical (unpaired) electrons. The number of ether oxygens (including phenoxy) is 1. The van der Waals surface area contributed by atoms with Crippen molar-refractivity contribution in [2.75, 3.05) is 0 Å². The number of benzene rings is 1. The molecule has 0 fully saturated rings. The van der Waals surface area contributed by atoms with Crippen LogP contribution < -0.4 is 4.74 Å². The standard InChI is InChI=1S/C13H12BrNO2/c1-9(16)10-6-7-15-13(8-10)17-12-4-2-11(14)3-5-12/h2-9,16H,1H3/t9-/m1/s1. The highest BCUT2D eigenvalue weighted by Crippen LogP contribution is 2.23. The maximum Gasteiger partial charge on any atom is 0.219 e. The van der Waals surface area contributed by atoms with E-state index >= 15 is 0 Å². The van der Waals surface area contributed by atoms with Crippen LogP contribution in [0.3, 0.4) is 0 Å². The van der Waals surface area contributed by atoms with Crippen LogP contribution in [-0.4, -0.2) is 10.1 Å². The lowest BCUT2D eigenvalue weighted by molar-refractivity contribution is 0.198. The molecule has 0 bridgehead atoms. The summed E-state index contributed by atoms with van der Waals surface area (Å²) in [6, 6.07) is 11.0. The molecular formula is C13H12BrNO2. The molecule has 1 aromatic carbocycles. The Labute approximate surface area is 108 Å². The van der Waals surface area contributed by atoms with E-state index in [9.17, 15) is 5.11 Å². The van der Waals surface area contributed by atoms with Crippen LogP contribution in [0, 0.1) is 0 Å². The van der Waals surface area contributed by atoms with Crippen molar-refractivity contribution in [3.05, 3.63) is 52.6 Å². The molecule has 1 aromatic heterocycles. The predicted octanol–water partition coefficient (Wildman–Crippen LogP) is 3.69. The first-order valence-corrected chi connectivity index (χ1v) is 6.02.